The summed E-state index contributed by atoms with van der Waals surface area (Å²) in [7, 11) is 0. The van der Waals surface area contributed by atoms with Crippen LogP contribution in [0, 0.1) is 0 Å². The lowest BCUT2D eigenvalue weighted by Gasteiger charge is -2.30. The van der Waals surface area contributed by atoms with Crippen molar-refractivity contribution in [3.63, 3.8) is 0 Å². The van der Waals surface area contributed by atoms with E-state index in [1.54, 1.807) is 35.2 Å². The van der Waals surface area contributed by atoms with Gasteiger partial charge in [-0.2, -0.15) is 5.10 Å². The smallest absolute Gasteiger partial charge is 0.406 e. The van der Waals surface area contributed by atoms with E-state index in [1.165, 1.54) is 54.6 Å². The first kappa shape index (κ1) is 30.4. The number of halogens is 6. The van der Waals surface area contributed by atoms with Crippen LogP contribution in [0.1, 0.15) is 17.5 Å². The van der Waals surface area contributed by atoms with E-state index in [1.807, 2.05) is 0 Å². The largest absolute Gasteiger partial charge is 0.573 e. The summed E-state index contributed by atoms with van der Waals surface area (Å²) in [5.74, 6) is 0.197. The highest BCUT2D eigenvalue weighted by Crippen LogP contribution is 2.36. The average Bonchev–Trinajstić information content (AvgIpc) is 2.93. The zero-order valence-electron chi connectivity index (χ0n) is 21.5. The fraction of sp³-hybridized carbons (Fsp3) is 0.185. The van der Waals surface area contributed by atoms with E-state index in [0.717, 1.165) is 24.3 Å². The summed E-state index contributed by atoms with van der Waals surface area (Å²) in [6.45, 7) is 0.452. The number of benzene rings is 3. The monoisotopic (exact) mass is 608 g/mol. The van der Waals surface area contributed by atoms with Gasteiger partial charge in [0.25, 0.3) is 0 Å². The molecular weight excluding hydrogens is 586 g/mol. The van der Waals surface area contributed by atoms with Crippen molar-refractivity contribution in [2.75, 3.05) is 17.2 Å². The number of nitrogens with zero attached hydrogens (tertiary/aromatic N) is 5. The quantitative estimate of drug-likeness (QED) is 0.130. The first-order chi connectivity index (χ1) is 20.0. The molecule has 4 rings (SSSR count). The number of hydrogen-bond acceptors (Lipinski definition) is 6. The van der Waals surface area contributed by atoms with Crippen LogP contribution in [-0.2, 0) is 0 Å². The number of alkyl halides is 6. The minimum absolute atomic E-state index is 0.147. The highest BCUT2D eigenvalue weighted by Gasteiger charge is 2.33. The van der Waals surface area contributed by atoms with Crippen LogP contribution in [0.25, 0.3) is 0 Å². The number of ether oxygens (including phenoxy) is 2. The van der Waals surface area contributed by atoms with Crippen molar-refractivity contribution in [3.8, 4) is 11.5 Å². The van der Waals surface area contributed by atoms with Crippen molar-refractivity contribution in [1.29, 1.82) is 0 Å². The second kappa shape index (κ2) is 13.4. The summed E-state index contributed by atoms with van der Waals surface area (Å²) in [5.41, 5.74) is 7.84. The molecule has 0 spiro atoms. The van der Waals surface area contributed by atoms with Crippen LogP contribution < -0.4 is 20.1 Å². The van der Waals surface area contributed by atoms with E-state index in [9.17, 15) is 26.3 Å². The average molecular weight is 609 g/mol. The Morgan fingerprint density at radius 3 is 2.26 bits per heavy atom. The van der Waals surface area contributed by atoms with Gasteiger partial charge in [0.05, 0.1) is 17.6 Å². The van der Waals surface area contributed by atoms with E-state index < -0.39 is 12.7 Å². The van der Waals surface area contributed by atoms with Gasteiger partial charge in [0, 0.05) is 17.9 Å². The fourth-order valence-electron chi connectivity index (χ4n) is 3.61. The second-order valence-electron chi connectivity index (χ2n) is 8.42. The lowest BCUT2D eigenvalue weighted by atomic mass is 10.1. The number of thioether (sulfide) groups is 1. The van der Waals surface area contributed by atoms with Crippen LogP contribution in [0.15, 0.2) is 93.0 Å². The maximum Gasteiger partial charge on any atom is 0.573 e. The van der Waals surface area contributed by atoms with Crippen LogP contribution >= 0.6 is 11.8 Å². The summed E-state index contributed by atoms with van der Waals surface area (Å²) < 4.78 is 83.4. The Bertz CT molecular complexity index is 1470. The minimum atomic E-state index is -4.83. The highest BCUT2D eigenvalue weighted by molar-refractivity contribution is 8.14. The molecule has 0 unspecified atom stereocenters. The molecule has 3 aromatic carbocycles. The van der Waals surface area contributed by atoms with Crippen molar-refractivity contribution >= 4 is 46.7 Å². The molecule has 2 N–H and O–H groups in total. The van der Waals surface area contributed by atoms with Crippen LogP contribution in [0.4, 0.5) is 37.7 Å². The number of nitrogens with two attached hydrogens (primary N) is 1. The summed E-state index contributed by atoms with van der Waals surface area (Å²) >= 11 is 1.37. The Kier molecular flexibility index (Phi) is 9.72. The number of anilines is 1. The lowest BCUT2D eigenvalue weighted by molar-refractivity contribution is -0.275. The Morgan fingerprint density at radius 1 is 0.881 bits per heavy atom. The molecule has 0 aromatic heterocycles. The van der Waals surface area contributed by atoms with Crippen molar-refractivity contribution in [2.45, 2.75) is 19.1 Å². The SMILES string of the molecule is NC(=NC=Nc1ccc(OC(F)(F)F)cc1)c1ccc(/C=N\N=C2\SCCCN2c2ccccc2OC(F)(F)F)cc1. The second-order valence-corrected chi connectivity index (χ2v) is 9.48. The maximum atomic E-state index is 12.9. The topological polar surface area (TPSA) is 97.2 Å². The van der Waals surface area contributed by atoms with Crippen molar-refractivity contribution in [3.05, 3.63) is 83.9 Å². The molecule has 0 radical (unpaired) electrons. The molecule has 1 aliphatic heterocycles. The molecule has 1 fully saturated rings. The lowest BCUT2D eigenvalue weighted by Crippen LogP contribution is -2.34. The van der Waals surface area contributed by atoms with Gasteiger partial charge in [0.1, 0.15) is 17.9 Å². The third-order valence-corrected chi connectivity index (χ3v) is 6.45. The van der Waals surface area contributed by atoms with Crippen molar-refractivity contribution in [1.82, 2.24) is 0 Å². The van der Waals surface area contributed by atoms with Crippen molar-refractivity contribution < 1.29 is 35.8 Å². The Balaban J connectivity index is 1.40. The third kappa shape index (κ3) is 9.26. The molecule has 1 heterocycles. The fourth-order valence-corrected chi connectivity index (χ4v) is 4.51. The van der Waals surface area contributed by atoms with Crippen LogP contribution in [0.5, 0.6) is 11.5 Å². The summed E-state index contributed by atoms with van der Waals surface area (Å²) in [6, 6.07) is 17.6. The number of rotatable bonds is 8. The van der Waals surface area contributed by atoms with Gasteiger partial charge in [-0.25, -0.2) is 9.98 Å². The highest BCUT2D eigenvalue weighted by atomic mass is 32.2. The summed E-state index contributed by atoms with van der Waals surface area (Å²) in [5, 5.41) is 8.78. The molecule has 0 bridgehead atoms. The maximum absolute atomic E-state index is 12.9. The molecular formula is C27H22F6N6O2S. The predicted molar refractivity (Wildman–Crippen MR) is 151 cm³/mol. The number of aliphatic imine (C=N–C) groups is 2. The van der Waals surface area contributed by atoms with Gasteiger partial charge < -0.3 is 20.1 Å². The molecule has 0 atom stereocenters. The first-order valence-electron chi connectivity index (χ1n) is 12.1. The normalized spacial score (nSPS) is 16.0. The molecule has 15 heteroatoms. The third-order valence-electron chi connectivity index (χ3n) is 5.40. The molecule has 1 saturated heterocycles. The molecule has 42 heavy (non-hydrogen) atoms. The van der Waals surface area contributed by atoms with E-state index >= 15 is 0 Å². The summed E-state index contributed by atoms with van der Waals surface area (Å²) in [6.07, 6.45) is -6.20. The molecule has 3 aromatic rings. The Morgan fingerprint density at radius 2 is 1.57 bits per heavy atom. The standard InChI is InChI=1S/C27H22F6N6O2S/c28-26(29,30)40-21-12-10-20(11-13-21)35-17-36-24(34)19-8-6-18(7-9-19)16-37-38-25-39(14-3-15-42-25)22-4-1-2-5-23(22)41-27(31,32)33/h1-2,4-13,16-17H,3,14-15H2,(H2,34,35,36)/b37-16-,38-25+. The molecule has 220 valence electrons. The molecule has 0 amide bonds. The van der Waals surface area contributed by atoms with Gasteiger partial charge in [-0.05, 0) is 48.4 Å². The minimum Gasteiger partial charge on any atom is -0.406 e. The number of hydrogen-bond donors (Lipinski definition) is 1. The van der Waals surface area contributed by atoms with E-state index in [2.05, 4.69) is 29.7 Å². The zero-order chi connectivity index (χ0) is 30.2. The van der Waals surface area contributed by atoms with Gasteiger partial charge in [0.15, 0.2) is 10.9 Å². The van der Waals surface area contributed by atoms with Crippen LogP contribution in [0.3, 0.4) is 0 Å². The predicted octanol–water partition coefficient (Wildman–Crippen LogP) is 6.88. The Hall–Kier alpha value is -4.53. The van der Waals surface area contributed by atoms with Crippen LogP contribution in [-0.4, -0.2) is 48.6 Å². The molecule has 0 aliphatic carbocycles. The van der Waals surface area contributed by atoms with E-state index in [0.29, 0.717) is 28.5 Å². The van der Waals surface area contributed by atoms with E-state index in [4.69, 9.17) is 5.73 Å². The van der Waals surface area contributed by atoms with Crippen molar-refractivity contribution in [2.24, 2.45) is 25.9 Å². The zero-order valence-corrected chi connectivity index (χ0v) is 22.3. The summed E-state index contributed by atoms with van der Waals surface area (Å²) in [4.78, 5) is 9.70. The van der Waals surface area contributed by atoms with E-state index in [-0.39, 0.29) is 23.0 Å². The molecule has 0 saturated carbocycles. The number of para-hydroxylation sites is 2. The molecule has 8 nitrogen and oxygen atoms in total. The van der Waals surface area contributed by atoms with Gasteiger partial charge >= 0.3 is 12.7 Å². The first-order valence-corrected chi connectivity index (χ1v) is 13.1. The van der Waals surface area contributed by atoms with Gasteiger partial charge in [-0.1, -0.05) is 48.2 Å². The molecule has 1 aliphatic rings. The van der Waals surface area contributed by atoms with Gasteiger partial charge in [-0.3, -0.25) is 0 Å². The van der Waals surface area contributed by atoms with Gasteiger partial charge in [0.2, 0.25) is 0 Å². The van der Waals surface area contributed by atoms with Crippen LogP contribution in [0.2, 0.25) is 0 Å². The van der Waals surface area contributed by atoms with Gasteiger partial charge in [-0.15, -0.1) is 31.4 Å². The number of amidine groups is 2. The Labute approximate surface area is 240 Å².